The summed E-state index contributed by atoms with van der Waals surface area (Å²) in [7, 11) is 0. The zero-order valence-electron chi connectivity index (χ0n) is 5.53. The van der Waals surface area contributed by atoms with Gasteiger partial charge in [-0.3, -0.25) is 4.79 Å². The first kappa shape index (κ1) is 8.95. The van der Waals surface area contributed by atoms with Gasteiger partial charge in [-0.2, -0.15) is 0 Å². The molecule has 0 bridgehead atoms. The summed E-state index contributed by atoms with van der Waals surface area (Å²) in [6, 6.07) is -1.31. The molecular weight excluding hydrogens is 134 g/mol. The van der Waals surface area contributed by atoms with Crippen molar-refractivity contribution in [1.82, 2.24) is 0 Å². The van der Waals surface area contributed by atoms with Gasteiger partial charge in [-0.05, 0) is 6.92 Å². The molecule has 0 rings (SSSR count). The first-order chi connectivity index (χ1) is 4.59. The lowest BCUT2D eigenvalue weighted by atomic mass is 10.2. The van der Waals surface area contributed by atoms with Crippen LogP contribution in [0.4, 0.5) is 0 Å². The van der Waals surface area contributed by atoms with Crippen LogP contribution < -0.4 is 5.73 Å². The van der Waals surface area contributed by atoms with Crippen LogP contribution in [0, 0.1) is 11.8 Å². The Bertz CT molecular complexity index is 179. The molecule has 0 radical (unpaired) electrons. The highest BCUT2D eigenvalue weighted by molar-refractivity contribution is 5.74. The van der Waals surface area contributed by atoms with Crippen LogP contribution in [0.1, 0.15) is 6.92 Å². The number of carboxylic acid groups (broad SMARTS) is 1. The van der Waals surface area contributed by atoms with E-state index in [1.54, 1.807) is 0 Å². The second-order valence-corrected chi connectivity index (χ2v) is 1.70. The van der Waals surface area contributed by atoms with Gasteiger partial charge in [0.25, 0.3) is 0 Å². The number of carboxylic acids is 1. The van der Waals surface area contributed by atoms with Gasteiger partial charge in [-0.1, -0.05) is 5.92 Å². The Hall–Kier alpha value is -1.05. The number of aliphatic hydroxyl groups is 1. The SMILES string of the molecule is CC#C[C@@H](O)[C@H](N)C(=O)O. The highest BCUT2D eigenvalue weighted by atomic mass is 16.4. The third-order valence-corrected chi connectivity index (χ3v) is 0.918. The summed E-state index contributed by atoms with van der Waals surface area (Å²) in [5.74, 6) is 3.33. The van der Waals surface area contributed by atoms with E-state index in [4.69, 9.17) is 15.9 Å². The van der Waals surface area contributed by atoms with E-state index in [9.17, 15) is 4.79 Å². The summed E-state index contributed by atoms with van der Waals surface area (Å²) in [6.07, 6.45) is -1.28. The quantitative estimate of drug-likeness (QED) is 0.423. The van der Waals surface area contributed by atoms with Crippen molar-refractivity contribution in [3.8, 4) is 11.8 Å². The fourth-order valence-corrected chi connectivity index (χ4v) is 0.373. The molecule has 0 fully saturated rings. The maximum absolute atomic E-state index is 10.1. The lowest BCUT2D eigenvalue weighted by molar-refractivity contribution is -0.140. The van der Waals surface area contributed by atoms with E-state index in [0.717, 1.165) is 0 Å². The van der Waals surface area contributed by atoms with Crippen molar-refractivity contribution in [1.29, 1.82) is 0 Å². The molecule has 0 aliphatic carbocycles. The van der Waals surface area contributed by atoms with Crippen LogP contribution in [0.15, 0.2) is 0 Å². The molecule has 10 heavy (non-hydrogen) atoms. The van der Waals surface area contributed by atoms with E-state index in [1.165, 1.54) is 6.92 Å². The van der Waals surface area contributed by atoms with Crippen molar-refractivity contribution >= 4 is 5.97 Å². The number of nitrogens with two attached hydrogens (primary N) is 1. The topological polar surface area (TPSA) is 83.5 Å². The molecule has 0 saturated heterocycles. The molecule has 4 heteroatoms. The minimum Gasteiger partial charge on any atom is -0.480 e. The lowest BCUT2D eigenvalue weighted by Gasteiger charge is -2.06. The van der Waals surface area contributed by atoms with Gasteiger partial charge in [0, 0.05) is 0 Å². The summed E-state index contributed by atoms with van der Waals surface area (Å²) in [6.45, 7) is 1.50. The fourth-order valence-electron chi connectivity index (χ4n) is 0.373. The van der Waals surface area contributed by atoms with Gasteiger partial charge in [-0.15, -0.1) is 5.92 Å². The zero-order valence-corrected chi connectivity index (χ0v) is 5.53. The van der Waals surface area contributed by atoms with Gasteiger partial charge in [0.2, 0.25) is 0 Å². The number of aliphatic hydroxyl groups excluding tert-OH is 1. The third kappa shape index (κ3) is 2.49. The number of rotatable bonds is 2. The number of hydrogen-bond acceptors (Lipinski definition) is 3. The summed E-state index contributed by atoms with van der Waals surface area (Å²) >= 11 is 0. The van der Waals surface area contributed by atoms with Crippen LogP contribution >= 0.6 is 0 Å². The van der Waals surface area contributed by atoms with Crippen LogP contribution in [0.5, 0.6) is 0 Å². The van der Waals surface area contributed by atoms with Gasteiger partial charge >= 0.3 is 5.97 Å². The Labute approximate surface area is 58.7 Å². The monoisotopic (exact) mass is 143 g/mol. The predicted molar refractivity (Wildman–Crippen MR) is 35.1 cm³/mol. The fraction of sp³-hybridized carbons (Fsp3) is 0.500. The third-order valence-electron chi connectivity index (χ3n) is 0.918. The second kappa shape index (κ2) is 3.88. The van der Waals surface area contributed by atoms with Gasteiger partial charge < -0.3 is 15.9 Å². The molecule has 0 aliphatic heterocycles. The summed E-state index contributed by atoms with van der Waals surface area (Å²) in [4.78, 5) is 10.1. The molecule has 56 valence electrons. The highest BCUT2D eigenvalue weighted by Gasteiger charge is 2.19. The summed E-state index contributed by atoms with van der Waals surface area (Å²) in [5.41, 5.74) is 4.99. The molecule has 0 unspecified atom stereocenters. The van der Waals surface area contributed by atoms with Gasteiger partial charge in [0.1, 0.15) is 12.1 Å². The Morgan fingerprint density at radius 3 is 2.50 bits per heavy atom. The smallest absolute Gasteiger partial charge is 0.324 e. The number of carbonyl (C=O) groups is 1. The maximum Gasteiger partial charge on any atom is 0.324 e. The minimum atomic E-state index is -1.31. The molecule has 0 aromatic rings. The first-order valence-corrected chi connectivity index (χ1v) is 2.68. The second-order valence-electron chi connectivity index (χ2n) is 1.70. The van der Waals surface area contributed by atoms with Crippen molar-refractivity contribution in [3.05, 3.63) is 0 Å². The molecule has 0 aliphatic rings. The maximum atomic E-state index is 10.1. The molecule has 0 aromatic heterocycles. The van der Waals surface area contributed by atoms with Crippen LogP contribution in [0.3, 0.4) is 0 Å². The van der Waals surface area contributed by atoms with E-state index >= 15 is 0 Å². The van der Waals surface area contributed by atoms with E-state index in [-0.39, 0.29) is 0 Å². The average molecular weight is 143 g/mol. The van der Waals surface area contributed by atoms with Crippen molar-refractivity contribution in [2.75, 3.05) is 0 Å². The van der Waals surface area contributed by atoms with Crippen molar-refractivity contribution in [3.63, 3.8) is 0 Å². The van der Waals surface area contributed by atoms with Crippen LogP contribution in [-0.2, 0) is 4.79 Å². The van der Waals surface area contributed by atoms with Crippen LogP contribution in [-0.4, -0.2) is 28.3 Å². The van der Waals surface area contributed by atoms with Crippen LogP contribution in [0.2, 0.25) is 0 Å². The van der Waals surface area contributed by atoms with Crippen molar-refractivity contribution in [2.45, 2.75) is 19.1 Å². The molecule has 0 amide bonds. The molecular formula is C6H9NO3. The Balaban J connectivity index is 4.02. The largest absolute Gasteiger partial charge is 0.480 e. The van der Waals surface area contributed by atoms with Gasteiger partial charge in [-0.25, -0.2) is 0 Å². The van der Waals surface area contributed by atoms with E-state index < -0.39 is 18.1 Å². The zero-order chi connectivity index (χ0) is 8.15. The summed E-state index contributed by atoms with van der Waals surface area (Å²) in [5, 5.41) is 17.0. The molecule has 0 aromatic carbocycles. The Kier molecular flexibility index (Phi) is 3.47. The number of hydrogen-bond donors (Lipinski definition) is 3. The lowest BCUT2D eigenvalue weighted by Crippen LogP contribution is -2.40. The van der Waals surface area contributed by atoms with E-state index in [2.05, 4.69) is 11.8 Å². The Morgan fingerprint density at radius 1 is 1.70 bits per heavy atom. The van der Waals surface area contributed by atoms with Crippen molar-refractivity contribution < 1.29 is 15.0 Å². The highest BCUT2D eigenvalue weighted by Crippen LogP contribution is 1.87. The van der Waals surface area contributed by atoms with Crippen molar-refractivity contribution in [2.24, 2.45) is 5.73 Å². The average Bonchev–Trinajstić information content (AvgIpc) is 1.87. The minimum absolute atomic E-state index is 1.25. The molecule has 2 atom stereocenters. The van der Waals surface area contributed by atoms with E-state index in [1.807, 2.05) is 0 Å². The van der Waals surface area contributed by atoms with Gasteiger partial charge in [0.15, 0.2) is 0 Å². The normalized spacial score (nSPS) is 14.7. The molecule has 4 nitrogen and oxygen atoms in total. The molecule has 0 heterocycles. The first-order valence-electron chi connectivity index (χ1n) is 2.68. The van der Waals surface area contributed by atoms with E-state index in [0.29, 0.717) is 0 Å². The van der Waals surface area contributed by atoms with Crippen LogP contribution in [0.25, 0.3) is 0 Å². The summed E-state index contributed by atoms with van der Waals surface area (Å²) < 4.78 is 0. The Morgan fingerprint density at radius 2 is 2.20 bits per heavy atom. The predicted octanol–water partition coefficient (Wildman–Crippen LogP) is -1.22. The molecule has 0 saturated carbocycles. The molecule has 0 spiro atoms. The standard InChI is InChI=1S/C6H9NO3/c1-2-3-4(8)5(7)6(9)10/h4-5,8H,7H2,1H3,(H,9,10)/t4-,5+/m1/s1. The van der Waals surface area contributed by atoms with Gasteiger partial charge in [0.05, 0.1) is 0 Å². The number of aliphatic carboxylic acids is 1. The molecule has 4 N–H and O–H groups in total.